The Morgan fingerprint density at radius 1 is 0.917 bits per heavy atom. The van der Waals surface area contributed by atoms with Crippen LogP contribution in [-0.4, -0.2) is 33.8 Å². The molecule has 0 aliphatic heterocycles. The van der Waals surface area contributed by atoms with Crippen LogP contribution >= 0.6 is 0 Å². The topological polar surface area (TPSA) is 88.6 Å². The van der Waals surface area contributed by atoms with Crippen LogP contribution in [0.5, 0.6) is 0 Å². The van der Waals surface area contributed by atoms with Gasteiger partial charge in [0.05, 0.1) is 9.64 Å². The van der Waals surface area contributed by atoms with Gasteiger partial charge < -0.3 is 0 Å². The number of aromatic amines is 1. The fourth-order valence-corrected chi connectivity index (χ4v) is 3.57. The molecule has 0 aliphatic carbocycles. The van der Waals surface area contributed by atoms with E-state index in [1.807, 2.05) is 24.3 Å². The lowest BCUT2D eigenvalue weighted by Gasteiger charge is -2.19. The molecule has 3 aromatic rings. The van der Waals surface area contributed by atoms with E-state index in [1.54, 1.807) is 45.0 Å². The maximum absolute atomic E-state index is 12.5. The lowest BCUT2D eigenvalue weighted by Crippen LogP contribution is -2.27. The van der Waals surface area contributed by atoms with E-state index in [4.69, 9.17) is 0 Å². The average Bonchev–Trinajstić information content (AvgIpc) is 3.08. The SMILES string of the molecule is CC(C)(C)S(=O)(=O)c1ccc(-c2ccccc2-c2nn[nH]n2)cc1. The number of aromatic nitrogens is 4. The third-order valence-corrected chi connectivity index (χ3v) is 6.30. The number of nitrogens with zero attached hydrogens (tertiary/aromatic N) is 3. The van der Waals surface area contributed by atoms with E-state index in [2.05, 4.69) is 20.6 Å². The highest BCUT2D eigenvalue weighted by Gasteiger charge is 2.30. The minimum absolute atomic E-state index is 0.316. The van der Waals surface area contributed by atoms with Gasteiger partial charge >= 0.3 is 0 Å². The van der Waals surface area contributed by atoms with Crippen molar-refractivity contribution < 1.29 is 8.42 Å². The highest BCUT2D eigenvalue weighted by Crippen LogP contribution is 2.31. The van der Waals surface area contributed by atoms with Crippen LogP contribution < -0.4 is 0 Å². The lowest BCUT2D eigenvalue weighted by molar-refractivity contribution is 0.560. The van der Waals surface area contributed by atoms with Gasteiger partial charge in [0.15, 0.2) is 9.84 Å². The molecule has 0 radical (unpaired) electrons. The summed E-state index contributed by atoms with van der Waals surface area (Å²) in [5, 5.41) is 14.1. The summed E-state index contributed by atoms with van der Waals surface area (Å²) in [5.41, 5.74) is 2.64. The van der Waals surface area contributed by atoms with E-state index < -0.39 is 14.6 Å². The summed E-state index contributed by atoms with van der Waals surface area (Å²) < 4.78 is 24.2. The van der Waals surface area contributed by atoms with Crippen LogP contribution in [0.25, 0.3) is 22.5 Å². The molecule has 0 saturated carbocycles. The molecule has 1 aromatic heterocycles. The second kappa shape index (κ2) is 5.83. The van der Waals surface area contributed by atoms with E-state index in [-0.39, 0.29) is 0 Å². The van der Waals surface area contributed by atoms with Crippen molar-refractivity contribution in [3.8, 4) is 22.5 Å². The molecule has 24 heavy (non-hydrogen) atoms. The first-order valence-electron chi connectivity index (χ1n) is 7.48. The van der Waals surface area contributed by atoms with Crippen molar-refractivity contribution in [1.82, 2.24) is 20.6 Å². The van der Waals surface area contributed by atoms with Gasteiger partial charge in [-0.25, -0.2) is 8.42 Å². The largest absolute Gasteiger partial charge is 0.223 e. The molecule has 0 spiro atoms. The molecule has 0 unspecified atom stereocenters. The minimum atomic E-state index is -3.37. The number of rotatable bonds is 3. The summed E-state index contributed by atoms with van der Waals surface area (Å²) in [6, 6.07) is 14.5. The van der Waals surface area contributed by atoms with Gasteiger partial charge in [0.25, 0.3) is 0 Å². The summed E-state index contributed by atoms with van der Waals surface area (Å²) in [4.78, 5) is 0.316. The van der Waals surface area contributed by atoms with Crippen molar-refractivity contribution in [3.05, 3.63) is 48.5 Å². The molecular weight excluding hydrogens is 324 g/mol. The zero-order chi connectivity index (χ0) is 17.4. The monoisotopic (exact) mass is 342 g/mol. The Labute approximate surface area is 140 Å². The molecule has 0 saturated heterocycles. The molecule has 1 N–H and O–H groups in total. The molecule has 0 aliphatic rings. The van der Waals surface area contributed by atoms with Gasteiger partial charge in [-0.05, 0) is 49.2 Å². The summed E-state index contributed by atoms with van der Waals surface area (Å²) >= 11 is 0. The molecule has 0 amide bonds. The van der Waals surface area contributed by atoms with Gasteiger partial charge in [-0.3, -0.25) is 0 Å². The van der Waals surface area contributed by atoms with Crippen molar-refractivity contribution in [2.24, 2.45) is 0 Å². The zero-order valence-corrected chi connectivity index (χ0v) is 14.5. The number of nitrogens with one attached hydrogen (secondary N) is 1. The molecule has 1 heterocycles. The maximum Gasteiger partial charge on any atom is 0.205 e. The summed E-state index contributed by atoms with van der Waals surface area (Å²) in [7, 11) is -3.37. The van der Waals surface area contributed by atoms with Crippen molar-refractivity contribution in [2.75, 3.05) is 0 Å². The number of sulfone groups is 1. The first-order valence-corrected chi connectivity index (χ1v) is 8.97. The Bertz CT molecular complexity index is 941. The van der Waals surface area contributed by atoms with E-state index >= 15 is 0 Å². The summed E-state index contributed by atoms with van der Waals surface area (Å²) in [6.07, 6.45) is 0. The molecule has 0 bridgehead atoms. The fraction of sp³-hybridized carbons (Fsp3) is 0.235. The molecule has 2 aromatic carbocycles. The van der Waals surface area contributed by atoms with Gasteiger partial charge in [0.1, 0.15) is 0 Å². The minimum Gasteiger partial charge on any atom is -0.223 e. The Kier molecular flexibility index (Phi) is 3.96. The second-order valence-electron chi connectivity index (χ2n) is 6.42. The van der Waals surface area contributed by atoms with Crippen LogP contribution in [0.3, 0.4) is 0 Å². The normalized spacial score (nSPS) is 12.3. The Balaban J connectivity index is 2.05. The molecule has 7 heteroatoms. The van der Waals surface area contributed by atoms with Gasteiger partial charge in [-0.15, -0.1) is 10.2 Å². The van der Waals surface area contributed by atoms with Gasteiger partial charge in [0, 0.05) is 5.56 Å². The number of H-pyrrole nitrogens is 1. The van der Waals surface area contributed by atoms with Gasteiger partial charge in [-0.2, -0.15) is 5.21 Å². The van der Waals surface area contributed by atoms with Crippen LogP contribution in [0.4, 0.5) is 0 Å². The standard InChI is InChI=1S/C17H18N4O2S/c1-17(2,3)24(22,23)13-10-8-12(9-11-13)14-6-4-5-7-15(14)16-18-20-21-19-16/h4-11H,1-3H3,(H,18,19,20,21). The van der Waals surface area contributed by atoms with Crippen LogP contribution in [0.15, 0.2) is 53.4 Å². The van der Waals surface area contributed by atoms with Crippen molar-refractivity contribution in [3.63, 3.8) is 0 Å². The lowest BCUT2D eigenvalue weighted by atomic mass is 9.99. The molecular formula is C17H18N4O2S. The van der Waals surface area contributed by atoms with Gasteiger partial charge in [-0.1, -0.05) is 36.4 Å². The van der Waals surface area contributed by atoms with E-state index in [0.29, 0.717) is 10.7 Å². The Hall–Kier alpha value is -2.54. The third-order valence-electron chi connectivity index (χ3n) is 3.80. The molecule has 124 valence electrons. The van der Waals surface area contributed by atoms with E-state index in [1.165, 1.54) is 0 Å². The molecule has 0 atom stereocenters. The molecule has 6 nitrogen and oxygen atoms in total. The summed E-state index contributed by atoms with van der Waals surface area (Å²) in [5.74, 6) is 0.497. The Morgan fingerprint density at radius 2 is 1.54 bits per heavy atom. The smallest absolute Gasteiger partial charge is 0.205 e. The first kappa shape index (κ1) is 16.3. The molecule has 0 fully saturated rings. The number of benzene rings is 2. The maximum atomic E-state index is 12.5. The van der Waals surface area contributed by atoms with Crippen LogP contribution in [0.1, 0.15) is 20.8 Å². The predicted octanol–water partition coefficient (Wildman–Crippen LogP) is 3.11. The first-order chi connectivity index (χ1) is 11.3. The van der Waals surface area contributed by atoms with Crippen LogP contribution in [-0.2, 0) is 9.84 Å². The van der Waals surface area contributed by atoms with E-state index in [0.717, 1.165) is 16.7 Å². The van der Waals surface area contributed by atoms with Crippen molar-refractivity contribution in [1.29, 1.82) is 0 Å². The number of hydrogen-bond donors (Lipinski definition) is 1. The van der Waals surface area contributed by atoms with Crippen molar-refractivity contribution >= 4 is 9.84 Å². The fourth-order valence-electron chi connectivity index (χ4n) is 2.37. The van der Waals surface area contributed by atoms with Gasteiger partial charge in [0.2, 0.25) is 5.82 Å². The predicted molar refractivity (Wildman–Crippen MR) is 92.0 cm³/mol. The second-order valence-corrected chi connectivity index (χ2v) is 9.12. The zero-order valence-electron chi connectivity index (χ0n) is 13.7. The number of tetrazole rings is 1. The third kappa shape index (κ3) is 2.82. The highest BCUT2D eigenvalue weighted by molar-refractivity contribution is 7.92. The van der Waals surface area contributed by atoms with Crippen LogP contribution in [0, 0.1) is 0 Å². The Morgan fingerprint density at radius 3 is 2.08 bits per heavy atom. The quantitative estimate of drug-likeness (QED) is 0.790. The van der Waals surface area contributed by atoms with Crippen LogP contribution in [0.2, 0.25) is 0 Å². The van der Waals surface area contributed by atoms with Crippen molar-refractivity contribution in [2.45, 2.75) is 30.4 Å². The van der Waals surface area contributed by atoms with E-state index in [9.17, 15) is 8.42 Å². The highest BCUT2D eigenvalue weighted by atomic mass is 32.2. The number of hydrogen-bond acceptors (Lipinski definition) is 5. The summed E-state index contributed by atoms with van der Waals surface area (Å²) in [6.45, 7) is 5.09. The molecule has 3 rings (SSSR count). The average molecular weight is 342 g/mol.